The number of hydrogen-bond donors (Lipinski definition) is 1. The standard InChI is InChI=1S/C15H24N2O2S/c1-4-16-12-13-8-5-6-9-14(13)20(18,19)17-11-7-10-15(17,2)3/h5-6,8-9,16H,4,7,10-12H2,1-3H3. The van der Waals surface area contributed by atoms with E-state index in [2.05, 4.69) is 5.32 Å². The van der Waals surface area contributed by atoms with Crippen LogP contribution in [0.2, 0.25) is 0 Å². The largest absolute Gasteiger partial charge is 0.313 e. The Labute approximate surface area is 122 Å². The van der Waals surface area contributed by atoms with E-state index in [-0.39, 0.29) is 5.54 Å². The van der Waals surface area contributed by atoms with E-state index < -0.39 is 10.0 Å². The number of nitrogens with zero attached hydrogens (tertiary/aromatic N) is 1. The summed E-state index contributed by atoms with van der Waals surface area (Å²) in [5.41, 5.74) is 0.557. The summed E-state index contributed by atoms with van der Waals surface area (Å²) in [6, 6.07) is 7.29. The molecule has 0 bridgehead atoms. The highest BCUT2D eigenvalue weighted by Gasteiger charge is 2.41. The van der Waals surface area contributed by atoms with E-state index in [0.717, 1.165) is 24.9 Å². The molecule has 1 fully saturated rings. The van der Waals surface area contributed by atoms with Gasteiger partial charge < -0.3 is 5.32 Å². The van der Waals surface area contributed by atoms with Gasteiger partial charge in [-0.05, 0) is 44.9 Å². The highest BCUT2D eigenvalue weighted by atomic mass is 32.2. The van der Waals surface area contributed by atoms with Gasteiger partial charge in [-0.25, -0.2) is 8.42 Å². The maximum atomic E-state index is 12.9. The van der Waals surface area contributed by atoms with E-state index in [1.807, 2.05) is 32.9 Å². The summed E-state index contributed by atoms with van der Waals surface area (Å²) in [6.45, 7) is 8.05. The van der Waals surface area contributed by atoms with Gasteiger partial charge in [0.1, 0.15) is 0 Å². The first-order valence-corrected chi connectivity index (χ1v) is 8.65. The fourth-order valence-corrected chi connectivity index (χ4v) is 4.88. The van der Waals surface area contributed by atoms with Crippen LogP contribution < -0.4 is 5.32 Å². The zero-order valence-corrected chi connectivity index (χ0v) is 13.3. The summed E-state index contributed by atoms with van der Waals surface area (Å²) in [5.74, 6) is 0. The molecule has 1 saturated heterocycles. The Morgan fingerprint density at radius 1 is 1.30 bits per heavy atom. The van der Waals surface area contributed by atoms with Crippen molar-refractivity contribution < 1.29 is 8.42 Å². The van der Waals surface area contributed by atoms with Gasteiger partial charge >= 0.3 is 0 Å². The van der Waals surface area contributed by atoms with Gasteiger partial charge in [0.15, 0.2) is 0 Å². The Balaban J connectivity index is 2.39. The molecule has 1 N–H and O–H groups in total. The molecule has 1 aromatic carbocycles. The highest BCUT2D eigenvalue weighted by Crippen LogP contribution is 2.34. The minimum absolute atomic E-state index is 0.288. The molecule has 2 rings (SSSR count). The molecule has 4 nitrogen and oxygen atoms in total. The second-order valence-corrected chi connectivity index (χ2v) is 7.71. The Morgan fingerprint density at radius 2 is 2.00 bits per heavy atom. The average molecular weight is 296 g/mol. The highest BCUT2D eigenvalue weighted by molar-refractivity contribution is 7.89. The molecule has 20 heavy (non-hydrogen) atoms. The molecule has 1 aliphatic rings. The molecule has 0 radical (unpaired) electrons. The van der Waals surface area contributed by atoms with Crippen LogP contribution in [0.1, 0.15) is 39.2 Å². The van der Waals surface area contributed by atoms with Gasteiger partial charge in [0, 0.05) is 18.6 Å². The zero-order valence-electron chi connectivity index (χ0n) is 12.5. The van der Waals surface area contributed by atoms with E-state index in [0.29, 0.717) is 18.0 Å². The summed E-state index contributed by atoms with van der Waals surface area (Å²) in [5, 5.41) is 3.21. The maximum absolute atomic E-state index is 12.9. The van der Waals surface area contributed by atoms with Crippen molar-refractivity contribution in [3.05, 3.63) is 29.8 Å². The second-order valence-electron chi connectivity index (χ2n) is 5.88. The summed E-state index contributed by atoms with van der Waals surface area (Å²) < 4.78 is 27.5. The van der Waals surface area contributed by atoms with Crippen LogP contribution in [0.4, 0.5) is 0 Å². The van der Waals surface area contributed by atoms with Crippen molar-refractivity contribution in [1.82, 2.24) is 9.62 Å². The lowest BCUT2D eigenvalue weighted by molar-refractivity contribution is 0.291. The zero-order chi connectivity index (χ0) is 14.8. The van der Waals surface area contributed by atoms with E-state index in [1.54, 1.807) is 16.4 Å². The molecule has 1 heterocycles. The van der Waals surface area contributed by atoms with Crippen molar-refractivity contribution in [3.63, 3.8) is 0 Å². The van der Waals surface area contributed by atoms with Crippen LogP contribution in [0.15, 0.2) is 29.2 Å². The van der Waals surface area contributed by atoms with Crippen LogP contribution in [0.3, 0.4) is 0 Å². The van der Waals surface area contributed by atoms with Crippen LogP contribution in [0, 0.1) is 0 Å². The molecule has 0 atom stereocenters. The SMILES string of the molecule is CCNCc1ccccc1S(=O)(=O)N1CCCC1(C)C. The fourth-order valence-electron chi connectivity index (χ4n) is 2.81. The number of hydrogen-bond acceptors (Lipinski definition) is 3. The van der Waals surface area contributed by atoms with Crippen molar-refractivity contribution in [2.45, 2.75) is 50.6 Å². The predicted molar refractivity (Wildman–Crippen MR) is 81.0 cm³/mol. The lowest BCUT2D eigenvalue weighted by Gasteiger charge is -2.31. The van der Waals surface area contributed by atoms with Crippen molar-refractivity contribution in [2.75, 3.05) is 13.1 Å². The molecular weight excluding hydrogens is 272 g/mol. The molecule has 1 aliphatic heterocycles. The maximum Gasteiger partial charge on any atom is 0.243 e. The molecule has 0 aromatic heterocycles. The molecule has 112 valence electrons. The second kappa shape index (κ2) is 5.84. The lowest BCUT2D eigenvalue weighted by Crippen LogP contribution is -2.42. The first-order chi connectivity index (χ1) is 9.39. The first kappa shape index (κ1) is 15.5. The first-order valence-electron chi connectivity index (χ1n) is 7.21. The van der Waals surface area contributed by atoms with Crippen LogP contribution in [0.5, 0.6) is 0 Å². The molecule has 0 saturated carbocycles. The van der Waals surface area contributed by atoms with E-state index in [1.165, 1.54) is 0 Å². The Bertz CT molecular complexity index is 567. The molecule has 1 aromatic rings. The average Bonchev–Trinajstić information content (AvgIpc) is 2.77. The van der Waals surface area contributed by atoms with Crippen LogP contribution in [-0.2, 0) is 16.6 Å². The molecule has 0 unspecified atom stereocenters. The van der Waals surface area contributed by atoms with Gasteiger partial charge in [-0.1, -0.05) is 25.1 Å². The molecule has 0 spiro atoms. The molecule has 0 aliphatic carbocycles. The summed E-state index contributed by atoms with van der Waals surface area (Å²) in [7, 11) is -3.41. The van der Waals surface area contributed by atoms with Crippen molar-refractivity contribution in [1.29, 1.82) is 0 Å². The van der Waals surface area contributed by atoms with Gasteiger partial charge in [0.05, 0.1) is 4.90 Å². The third-order valence-corrected chi connectivity index (χ3v) is 6.14. The quantitative estimate of drug-likeness (QED) is 0.907. The minimum atomic E-state index is -3.41. The predicted octanol–water partition coefficient (Wildman–Crippen LogP) is 2.36. The van der Waals surface area contributed by atoms with Gasteiger partial charge in [0.2, 0.25) is 10.0 Å². The van der Waals surface area contributed by atoms with Gasteiger partial charge in [-0.3, -0.25) is 0 Å². The number of sulfonamides is 1. The van der Waals surface area contributed by atoms with Crippen LogP contribution >= 0.6 is 0 Å². The van der Waals surface area contributed by atoms with Gasteiger partial charge in [-0.15, -0.1) is 0 Å². The summed E-state index contributed by atoms with van der Waals surface area (Å²) >= 11 is 0. The number of nitrogens with one attached hydrogen (secondary N) is 1. The number of rotatable bonds is 5. The molecular formula is C15H24N2O2S. The minimum Gasteiger partial charge on any atom is -0.313 e. The topological polar surface area (TPSA) is 49.4 Å². The monoisotopic (exact) mass is 296 g/mol. The normalized spacial score (nSPS) is 19.4. The fraction of sp³-hybridized carbons (Fsp3) is 0.600. The van der Waals surface area contributed by atoms with Gasteiger partial charge in [-0.2, -0.15) is 4.31 Å². The summed E-state index contributed by atoms with van der Waals surface area (Å²) in [4.78, 5) is 0.441. The lowest BCUT2D eigenvalue weighted by atomic mass is 10.0. The van der Waals surface area contributed by atoms with Crippen LogP contribution in [-0.4, -0.2) is 31.4 Å². The Kier molecular flexibility index (Phi) is 4.52. The van der Waals surface area contributed by atoms with E-state index in [9.17, 15) is 8.42 Å². The third-order valence-electron chi connectivity index (χ3n) is 3.93. The summed E-state index contributed by atoms with van der Waals surface area (Å²) in [6.07, 6.45) is 1.85. The van der Waals surface area contributed by atoms with E-state index in [4.69, 9.17) is 0 Å². The molecule has 5 heteroatoms. The number of benzene rings is 1. The van der Waals surface area contributed by atoms with Crippen LogP contribution in [0.25, 0.3) is 0 Å². The van der Waals surface area contributed by atoms with Crippen molar-refractivity contribution in [2.24, 2.45) is 0 Å². The third kappa shape index (κ3) is 2.90. The van der Waals surface area contributed by atoms with Crippen molar-refractivity contribution in [3.8, 4) is 0 Å². The molecule has 0 amide bonds. The van der Waals surface area contributed by atoms with E-state index >= 15 is 0 Å². The Hall–Kier alpha value is -0.910. The van der Waals surface area contributed by atoms with Gasteiger partial charge in [0.25, 0.3) is 0 Å². The smallest absolute Gasteiger partial charge is 0.243 e. The van der Waals surface area contributed by atoms with Crippen molar-refractivity contribution >= 4 is 10.0 Å². The Morgan fingerprint density at radius 3 is 2.60 bits per heavy atom.